The minimum Gasteiger partial charge on any atom is -0.476 e. The van der Waals surface area contributed by atoms with Crippen molar-refractivity contribution in [2.45, 2.75) is 19.4 Å². The fourth-order valence-corrected chi connectivity index (χ4v) is 1.99. The van der Waals surface area contributed by atoms with E-state index in [9.17, 15) is 14.9 Å². The second kappa shape index (κ2) is 3.69. The molecule has 2 rings (SSSR count). The van der Waals surface area contributed by atoms with E-state index >= 15 is 0 Å². The van der Waals surface area contributed by atoms with Crippen molar-refractivity contribution in [1.29, 1.82) is 0 Å². The Kier molecular flexibility index (Phi) is 2.57. The number of rotatable bonds is 1. The summed E-state index contributed by atoms with van der Waals surface area (Å²) in [6, 6.07) is 2.61. The van der Waals surface area contributed by atoms with Crippen LogP contribution < -0.4 is 10.1 Å². The highest BCUT2D eigenvalue weighted by atomic mass is 79.9. The van der Waals surface area contributed by atoms with Gasteiger partial charge in [0.1, 0.15) is 0 Å². The maximum atomic E-state index is 11.7. The molecule has 1 N–H and O–H groups in total. The Morgan fingerprint density at radius 2 is 2.12 bits per heavy atom. The molecule has 0 atom stereocenters. The zero-order chi connectivity index (χ0) is 12.8. The second-order valence-electron chi connectivity index (χ2n) is 4.12. The highest BCUT2D eigenvalue weighted by Gasteiger charge is 2.37. The Morgan fingerprint density at radius 1 is 1.47 bits per heavy atom. The molecule has 0 saturated heterocycles. The van der Waals surface area contributed by atoms with Gasteiger partial charge in [-0.05, 0) is 29.8 Å². The number of halogens is 1. The predicted octanol–water partition coefficient (Wildman–Crippen LogP) is 2.47. The van der Waals surface area contributed by atoms with E-state index < -0.39 is 10.5 Å². The number of carbonyl (C=O) groups excluding carboxylic acids is 1. The van der Waals surface area contributed by atoms with Gasteiger partial charge >= 0.3 is 0 Å². The summed E-state index contributed by atoms with van der Waals surface area (Å²) in [6.45, 7) is 3.19. The van der Waals surface area contributed by atoms with Gasteiger partial charge in [0.25, 0.3) is 11.6 Å². The Morgan fingerprint density at radius 3 is 2.71 bits per heavy atom. The molecule has 0 unspecified atom stereocenters. The maximum Gasteiger partial charge on any atom is 0.274 e. The number of hydrogen-bond donors (Lipinski definition) is 1. The lowest BCUT2D eigenvalue weighted by atomic mass is 10.1. The summed E-state index contributed by atoms with van der Waals surface area (Å²) in [5, 5.41) is 13.4. The molecular formula is C10H9BrN2O4. The number of non-ortho nitro benzene ring substituents is 1. The van der Waals surface area contributed by atoms with Gasteiger partial charge in [0.15, 0.2) is 11.4 Å². The summed E-state index contributed by atoms with van der Waals surface area (Å²) in [5.41, 5.74) is -0.718. The topological polar surface area (TPSA) is 81.5 Å². The van der Waals surface area contributed by atoms with Crippen LogP contribution in [0.3, 0.4) is 0 Å². The standard InChI is InChI=1S/C10H9BrN2O4/c1-10(2)9(14)12-8-6(11)3-5(13(15)16)4-7(8)17-10/h3-4H,1-2H3,(H,12,14). The summed E-state index contributed by atoms with van der Waals surface area (Å²) in [7, 11) is 0. The van der Waals surface area contributed by atoms with E-state index in [-0.39, 0.29) is 17.3 Å². The number of anilines is 1. The molecule has 0 saturated carbocycles. The molecule has 0 aliphatic carbocycles. The number of nitrogens with one attached hydrogen (secondary N) is 1. The van der Waals surface area contributed by atoms with E-state index in [1.165, 1.54) is 12.1 Å². The molecule has 1 aliphatic heterocycles. The zero-order valence-corrected chi connectivity index (χ0v) is 10.7. The smallest absolute Gasteiger partial charge is 0.274 e. The lowest BCUT2D eigenvalue weighted by molar-refractivity contribution is -0.385. The Bertz CT molecular complexity index is 527. The molecule has 1 amide bonds. The summed E-state index contributed by atoms with van der Waals surface area (Å²) in [4.78, 5) is 21.8. The van der Waals surface area contributed by atoms with Crippen molar-refractivity contribution in [2.75, 3.05) is 5.32 Å². The van der Waals surface area contributed by atoms with Crippen LogP contribution in [0.2, 0.25) is 0 Å². The average Bonchev–Trinajstić information content (AvgIpc) is 2.20. The minimum absolute atomic E-state index is 0.0948. The molecule has 1 heterocycles. The molecule has 0 fully saturated rings. The molecule has 0 bridgehead atoms. The summed E-state index contributed by atoms with van der Waals surface area (Å²) in [5.74, 6) is -0.00442. The first-order valence-corrected chi connectivity index (χ1v) is 5.59. The maximum absolute atomic E-state index is 11.7. The lowest BCUT2D eigenvalue weighted by Crippen LogP contribution is -2.45. The number of carbonyl (C=O) groups is 1. The van der Waals surface area contributed by atoms with Gasteiger partial charge in [-0.25, -0.2) is 0 Å². The Labute approximate surface area is 105 Å². The quantitative estimate of drug-likeness (QED) is 0.638. The van der Waals surface area contributed by atoms with Crippen LogP contribution in [-0.2, 0) is 4.79 Å². The van der Waals surface area contributed by atoms with Crippen LogP contribution in [0.5, 0.6) is 5.75 Å². The fraction of sp³-hybridized carbons (Fsp3) is 0.300. The first kappa shape index (κ1) is 11.8. The van der Waals surface area contributed by atoms with Crippen molar-refractivity contribution in [3.8, 4) is 5.75 Å². The van der Waals surface area contributed by atoms with Crippen LogP contribution in [0.1, 0.15) is 13.8 Å². The molecule has 6 nitrogen and oxygen atoms in total. The number of nitro benzene ring substituents is 1. The number of fused-ring (bicyclic) bond motifs is 1. The van der Waals surface area contributed by atoms with Crippen LogP contribution in [0.4, 0.5) is 11.4 Å². The van der Waals surface area contributed by atoms with E-state index in [0.717, 1.165) is 0 Å². The normalized spacial score (nSPS) is 16.8. The Hall–Kier alpha value is -1.63. The highest BCUT2D eigenvalue weighted by molar-refractivity contribution is 9.10. The number of nitrogens with zero attached hydrogens (tertiary/aromatic N) is 1. The third-order valence-electron chi connectivity index (χ3n) is 2.40. The molecule has 90 valence electrons. The molecular weight excluding hydrogens is 292 g/mol. The average molecular weight is 301 g/mol. The van der Waals surface area contributed by atoms with Crippen molar-refractivity contribution >= 4 is 33.2 Å². The van der Waals surface area contributed by atoms with Crippen molar-refractivity contribution in [3.63, 3.8) is 0 Å². The van der Waals surface area contributed by atoms with E-state index in [0.29, 0.717) is 10.2 Å². The Balaban J connectivity index is 2.56. The summed E-state index contributed by atoms with van der Waals surface area (Å²) < 4.78 is 5.88. The molecule has 17 heavy (non-hydrogen) atoms. The zero-order valence-electron chi connectivity index (χ0n) is 9.11. The minimum atomic E-state index is -1.04. The van der Waals surface area contributed by atoms with Gasteiger partial charge in [0.2, 0.25) is 0 Å². The van der Waals surface area contributed by atoms with Crippen LogP contribution in [-0.4, -0.2) is 16.4 Å². The molecule has 1 aromatic carbocycles. The summed E-state index contributed by atoms with van der Waals surface area (Å²) in [6.07, 6.45) is 0. The van der Waals surface area contributed by atoms with E-state index in [4.69, 9.17) is 4.74 Å². The van der Waals surface area contributed by atoms with Crippen molar-refractivity contribution in [1.82, 2.24) is 0 Å². The molecule has 1 aliphatic rings. The van der Waals surface area contributed by atoms with Gasteiger partial charge < -0.3 is 10.1 Å². The fourth-order valence-electron chi connectivity index (χ4n) is 1.46. The van der Waals surface area contributed by atoms with Gasteiger partial charge in [-0.3, -0.25) is 14.9 Å². The number of benzene rings is 1. The van der Waals surface area contributed by atoms with Gasteiger partial charge in [-0.2, -0.15) is 0 Å². The number of hydrogen-bond acceptors (Lipinski definition) is 4. The monoisotopic (exact) mass is 300 g/mol. The molecule has 0 aromatic heterocycles. The van der Waals surface area contributed by atoms with E-state index in [1.807, 2.05) is 0 Å². The second-order valence-corrected chi connectivity index (χ2v) is 4.98. The molecule has 1 aromatic rings. The molecule has 0 radical (unpaired) electrons. The van der Waals surface area contributed by atoms with Crippen molar-refractivity contribution in [2.24, 2.45) is 0 Å². The number of amides is 1. The van der Waals surface area contributed by atoms with Crippen LogP contribution in [0.15, 0.2) is 16.6 Å². The van der Waals surface area contributed by atoms with Crippen LogP contribution in [0, 0.1) is 10.1 Å². The van der Waals surface area contributed by atoms with Crippen LogP contribution >= 0.6 is 15.9 Å². The number of ether oxygens (including phenoxy) is 1. The van der Waals surface area contributed by atoms with Gasteiger partial charge in [0.05, 0.1) is 21.1 Å². The molecule has 7 heteroatoms. The van der Waals surface area contributed by atoms with Gasteiger partial charge in [-0.1, -0.05) is 0 Å². The van der Waals surface area contributed by atoms with Gasteiger partial charge in [0, 0.05) is 6.07 Å². The third kappa shape index (κ3) is 1.97. The first-order valence-electron chi connectivity index (χ1n) is 4.79. The summed E-state index contributed by atoms with van der Waals surface area (Å²) >= 11 is 3.17. The predicted molar refractivity (Wildman–Crippen MR) is 64.1 cm³/mol. The largest absolute Gasteiger partial charge is 0.476 e. The van der Waals surface area contributed by atoms with E-state index in [2.05, 4.69) is 21.2 Å². The number of nitro groups is 1. The van der Waals surface area contributed by atoms with Crippen molar-refractivity contribution in [3.05, 3.63) is 26.7 Å². The lowest BCUT2D eigenvalue weighted by Gasteiger charge is -2.31. The van der Waals surface area contributed by atoms with Crippen molar-refractivity contribution < 1.29 is 14.5 Å². The SMILES string of the molecule is CC1(C)Oc2cc([N+](=O)[O-])cc(Br)c2NC1=O. The first-order chi connectivity index (χ1) is 7.81. The van der Waals surface area contributed by atoms with Crippen LogP contribution in [0.25, 0.3) is 0 Å². The van der Waals surface area contributed by atoms with E-state index in [1.54, 1.807) is 13.8 Å². The highest BCUT2D eigenvalue weighted by Crippen LogP contribution is 2.41. The van der Waals surface area contributed by atoms with Gasteiger partial charge in [-0.15, -0.1) is 0 Å². The third-order valence-corrected chi connectivity index (χ3v) is 3.03. The molecule has 0 spiro atoms.